The third-order valence-corrected chi connectivity index (χ3v) is 7.19. The predicted molar refractivity (Wildman–Crippen MR) is 128 cm³/mol. The maximum atomic E-state index is 13.1. The molecule has 1 atom stereocenters. The van der Waals surface area contributed by atoms with Crippen LogP contribution < -0.4 is 10.2 Å². The number of aromatic nitrogens is 2. The molecule has 2 fully saturated rings. The van der Waals surface area contributed by atoms with E-state index in [1.54, 1.807) is 6.92 Å². The first kappa shape index (κ1) is 21.7. The Bertz CT molecular complexity index is 1030. The number of benzene rings is 1. The number of hydrogen-bond acceptors (Lipinski definition) is 6. The summed E-state index contributed by atoms with van der Waals surface area (Å²) in [4.78, 5) is 40.8. The van der Waals surface area contributed by atoms with E-state index in [-0.39, 0.29) is 17.7 Å². The first-order valence-electron chi connectivity index (χ1n) is 12.0. The van der Waals surface area contributed by atoms with Crippen molar-refractivity contribution in [1.82, 2.24) is 19.8 Å². The molecule has 2 saturated heterocycles. The molecule has 0 aliphatic carbocycles. The number of nitrogens with zero attached hydrogens (tertiary/aromatic N) is 5. The average Bonchev–Trinajstić information content (AvgIpc) is 3.55. The van der Waals surface area contributed by atoms with Gasteiger partial charge in [-0.1, -0.05) is 0 Å². The van der Waals surface area contributed by atoms with Crippen molar-refractivity contribution < 1.29 is 9.59 Å². The molecule has 0 saturated carbocycles. The summed E-state index contributed by atoms with van der Waals surface area (Å²) in [6.45, 7) is 6.38. The molecule has 8 nitrogen and oxygen atoms in total. The van der Waals surface area contributed by atoms with Crippen molar-refractivity contribution in [1.29, 1.82) is 0 Å². The molecule has 3 aliphatic heterocycles. The number of likely N-dealkylation sites (tertiary alicyclic amines) is 1. The Morgan fingerprint density at radius 1 is 1.00 bits per heavy atom. The molecule has 0 spiro atoms. The molecule has 8 heteroatoms. The van der Waals surface area contributed by atoms with Crippen LogP contribution in [0.4, 0.5) is 11.5 Å². The molecule has 1 aromatic carbocycles. The summed E-state index contributed by atoms with van der Waals surface area (Å²) >= 11 is 0. The highest BCUT2D eigenvalue weighted by molar-refractivity contribution is 5.94. The smallest absolute Gasteiger partial charge is 0.253 e. The predicted octanol–water partition coefficient (Wildman–Crippen LogP) is 2.65. The third kappa shape index (κ3) is 4.26. The van der Waals surface area contributed by atoms with E-state index in [1.165, 1.54) is 18.5 Å². The zero-order chi connectivity index (χ0) is 22.9. The number of carbonyl (C=O) groups is 2. The van der Waals surface area contributed by atoms with Crippen LogP contribution in [0.15, 0.2) is 24.3 Å². The highest BCUT2D eigenvalue weighted by Crippen LogP contribution is 2.31. The summed E-state index contributed by atoms with van der Waals surface area (Å²) in [5.41, 5.74) is 3.97. The highest BCUT2D eigenvalue weighted by atomic mass is 16.2. The van der Waals surface area contributed by atoms with Gasteiger partial charge in [-0.2, -0.15) is 0 Å². The van der Waals surface area contributed by atoms with Gasteiger partial charge in [-0.3, -0.25) is 9.59 Å². The van der Waals surface area contributed by atoms with Crippen LogP contribution in [-0.2, 0) is 17.8 Å². The quantitative estimate of drug-likeness (QED) is 0.775. The van der Waals surface area contributed by atoms with Crippen molar-refractivity contribution in [3.8, 4) is 0 Å². The number of nitrogens with one attached hydrogen (secondary N) is 1. The molecule has 5 rings (SSSR count). The molecule has 2 aromatic rings. The second-order valence-corrected chi connectivity index (χ2v) is 9.27. The van der Waals surface area contributed by atoms with Crippen LogP contribution in [-0.4, -0.2) is 71.4 Å². The number of rotatable bonds is 4. The average molecular weight is 449 g/mol. The summed E-state index contributed by atoms with van der Waals surface area (Å²) in [6, 6.07) is 8.06. The molecule has 0 radical (unpaired) electrons. The van der Waals surface area contributed by atoms with Gasteiger partial charge in [0.2, 0.25) is 5.91 Å². The second kappa shape index (κ2) is 9.00. The van der Waals surface area contributed by atoms with Gasteiger partial charge in [0.1, 0.15) is 11.6 Å². The lowest BCUT2D eigenvalue weighted by atomic mass is 10.0. The fourth-order valence-electron chi connectivity index (χ4n) is 5.22. The van der Waals surface area contributed by atoms with Crippen LogP contribution in [0.3, 0.4) is 0 Å². The molecule has 33 heavy (non-hydrogen) atoms. The largest absolute Gasteiger partial charge is 0.373 e. The Morgan fingerprint density at radius 2 is 1.76 bits per heavy atom. The van der Waals surface area contributed by atoms with Crippen LogP contribution >= 0.6 is 0 Å². The molecule has 2 amide bonds. The Morgan fingerprint density at radius 3 is 2.45 bits per heavy atom. The van der Waals surface area contributed by atoms with E-state index in [9.17, 15) is 9.59 Å². The van der Waals surface area contributed by atoms with Gasteiger partial charge in [0.05, 0.1) is 12.2 Å². The van der Waals surface area contributed by atoms with Crippen molar-refractivity contribution in [3.05, 3.63) is 46.9 Å². The Balaban J connectivity index is 1.29. The van der Waals surface area contributed by atoms with E-state index in [4.69, 9.17) is 9.97 Å². The van der Waals surface area contributed by atoms with Crippen LogP contribution in [0.1, 0.15) is 59.5 Å². The minimum Gasteiger partial charge on any atom is -0.373 e. The minimum absolute atomic E-state index is 0.0742. The van der Waals surface area contributed by atoms with Crippen LogP contribution in [0.2, 0.25) is 0 Å². The summed E-state index contributed by atoms with van der Waals surface area (Å²) in [5.74, 6) is 1.87. The summed E-state index contributed by atoms with van der Waals surface area (Å²) < 4.78 is 0. The summed E-state index contributed by atoms with van der Waals surface area (Å²) in [5, 5.41) is 3.19. The first-order valence-corrected chi connectivity index (χ1v) is 12.0. The van der Waals surface area contributed by atoms with E-state index in [2.05, 4.69) is 22.3 Å². The number of hydrogen-bond donors (Lipinski definition) is 1. The van der Waals surface area contributed by atoms with Gasteiger partial charge in [0.15, 0.2) is 0 Å². The lowest BCUT2D eigenvalue weighted by molar-refractivity contribution is -0.129. The maximum Gasteiger partial charge on any atom is 0.253 e. The number of anilines is 2. The molecule has 174 valence electrons. The van der Waals surface area contributed by atoms with Crippen LogP contribution in [0.25, 0.3) is 0 Å². The van der Waals surface area contributed by atoms with E-state index in [1.807, 2.05) is 29.0 Å². The van der Waals surface area contributed by atoms with E-state index in [0.29, 0.717) is 26.2 Å². The fourth-order valence-corrected chi connectivity index (χ4v) is 5.22. The van der Waals surface area contributed by atoms with Gasteiger partial charge in [0, 0.05) is 75.8 Å². The number of carbonyl (C=O) groups excluding carboxylic acids is 2. The van der Waals surface area contributed by atoms with Gasteiger partial charge in [0.25, 0.3) is 5.91 Å². The maximum absolute atomic E-state index is 13.1. The van der Waals surface area contributed by atoms with Crippen molar-refractivity contribution in [3.63, 3.8) is 0 Å². The zero-order valence-electron chi connectivity index (χ0n) is 19.5. The van der Waals surface area contributed by atoms with Gasteiger partial charge in [-0.05, 0) is 43.5 Å². The zero-order valence-corrected chi connectivity index (χ0v) is 19.5. The minimum atomic E-state index is 0.0742. The normalized spacial score (nSPS) is 20.2. The molecule has 1 aromatic heterocycles. The molecule has 0 bridgehead atoms. The van der Waals surface area contributed by atoms with Crippen molar-refractivity contribution in [2.24, 2.45) is 0 Å². The number of fused-ring (bicyclic) bond motifs is 1. The van der Waals surface area contributed by atoms with Gasteiger partial charge in [-0.15, -0.1) is 0 Å². The molecular weight excluding hydrogens is 416 g/mol. The third-order valence-electron chi connectivity index (χ3n) is 7.19. The lowest BCUT2D eigenvalue weighted by Crippen LogP contribution is -2.35. The Kier molecular flexibility index (Phi) is 5.91. The first-order chi connectivity index (χ1) is 16.0. The Labute approximate surface area is 195 Å². The van der Waals surface area contributed by atoms with Crippen LogP contribution in [0.5, 0.6) is 0 Å². The van der Waals surface area contributed by atoms with Crippen molar-refractivity contribution in [2.45, 2.75) is 45.1 Å². The monoisotopic (exact) mass is 448 g/mol. The van der Waals surface area contributed by atoms with Crippen LogP contribution in [0, 0.1) is 0 Å². The van der Waals surface area contributed by atoms with E-state index in [0.717, 1.165) is 54.4 Å². The van der Waals surface area contributed by atoms with Gasteiger partial charge < -0.3 is 20.0 Å². The lowest BCUT2D eigenvalue weighted by Gasteiger charge is -2.29. The van der Waals surface area contributed by atoms with Gasteiger partial charge >= 0.3 is 0 Å². The fraction of sp³-hybridized carbons (Fsp3) is 0.520. The van der Waals surface area contributed by atoms with Crippen molar-refractivity contribution in [2.75, 3.05) is 50.0 Å². The second-order valence-electron chi connectivity index (χ2n) is 9.27. The van der Waals surface area contributed by atoms with Gasteiger partial charge in [-0.25, -0.2) is 9.97 Å². The molecular formula is C25H32N6O2. The molecule has 4 heterocycles. The SMILES string of the molecule is CNc1nc([C@@H]2CCN(C(=O)c3ccc(N4CCCC4)cc3)C2)nc2c1CN(C(C)=O)CC2. The summed E-state index contributed by atoms with van der Waals surface area (Å²) in [7, 11) is 1.86. The van der Waals surface area contributed by atoms with Crippen molar-refractivity contribution >= 4 is 23.3 Å². The van der Waals surface area contributed by atoms with E-state index < -0.39 is 0 Å². The standard InChI is InChI=1S/C25H32N6O2/c1-17(32)30-14-10-22-21(16-30)24(26-2)28-23(27-22)19-9-13-31(15-19)25(33)18-5-7-20(8-6-18)29-11-3-4-12-29/h5-8,19H,3-4,9-16H2,1-2H3,(H,26,27,28)/t19-/m1/s1. The van der Waals surface area contributed by atoms with E-state index >= 15 is 0 Å². The molecule has 0 unspecified atom stereocenters. The summed E-state index contributed by atoms with van der Waals surface area (Å²) in [6.07, 6.45) is 4.08. The Hall–Kier alpha value is -3.16. The molecule has 3 aliphatic rings. The highest BCUT2D eigenvalue weighted by Gasteiger charge is 2.32. The topological polar surface area (TPSA) is 81.7 Å². The molecule has 1 N–H and O–H groups in total. The number of amides is 2.